The number of fused-ring (bicyclic) bond motifs is 1. The second kappa shape index (κ2) is 4.89. The molecule has 100 valence electrons. The first-order chi connectivity index (χ1) is 9.57. The van der Waals surface area contributed by atoms with Gasteiger partial charge in [-0.15, -0.1) is 0 Å². The molecule has 0 aliphatic carbocycles. The maximum atomic E-state index is 6.52. The molecule has 2 aromatic carbocycles. The molecule has 0 aliphatic heterocycles. The SMILES string of the molecule is CC(N)(c1cccc(Cl)c1)c1cnc2ccccc2c1. The average Bonchev–Trinajstić information content (AvgIpc) is 2.46. The van der Waals surface area contributed by atoms with Gasteiger partial charge in [-0.2, -0.15) is 0 Å². The highest BCUT2D eigenvalue weighted by atomic mass is 35.5. The van der Waals surface area contributed by atoms with Crippen molar-refractivity contribution in [2.75, 3.05) is 0 Å². The number of para-hydroxylation sites is 1. The number of hydrogen-bond acceptors (Lipinski definition) is 2. The van der Waals surface area contributed by atoms with Gasteiger partial charge in [0.05, 0.1) is 11.1 Å². The molecule has 0 saturated heterocycles. The molecule has 2 nitrogen and oxygen atoms in total. The zero-order valence-electron chi connectivity index (χ0n) is 11.2. The predicted molar refractivity (Wildman–Crippen MR) is 83.8 cm³/mol. The first-order valence-electron chi connectivity index (χ1n) is 6.47. The number of halogens is 1. The third-order valence-corrected chi connectivity index (χ3v) is 3.85. The van der Waals surface area contributed by atoms with Crippen molar-refractivity contribution < 1.29 is 0 Å². The Morgan fingerprint density at radius 2 is 1.80 bits per heavy atom. The lowest BCUT2D eigenvalue weighted by Gasteiger charge is -2.26. The number of benzene rings is 2. The minimum atomic E-state index is -0.623. The monoisotopic (exact) mass is 282 g/mol. The summed E-state index contributed by atoms with van der Waals surface area (Å²) in [7, 11) is 0. The number of hydrogen-bond donors (Lipinski definition) is 1. The highest BCUT2D eigenvalue weighted by Crippen LogP contribution is 2.29. The number of nitrogens with zero attached hydrogens (tertiary/aromatic N) is 1. The van der Waals surface area contributed by atoms with Gasteiger partial charge in [0, 0.05) is 16.6 Å². The normalized spacial score (nSPS) is 14.2. The smallest absolute Gasteiger partial charge is 0.0702 e. The van der Waals surface area contributed by atoms with Crippen LogP contribution in [0.1, 0.15) is 18.1 Å². The Morgan fingerprint density at radius 3 is 2.60 bits per heavy atom. The molecule has 3 rings (SSSR count). The highest BCUT2D eigenvalue weighted by Gasteiger charge is 2.24. The molecule has 0 radical (unpaired) electrons. The van der Waals surface area contributed by atoms with Crippen LogP contribution < -0.4 is 5.73 Å². The lowest BCUT2D eigenvalue weighted by atomic mass is 9.86. The van der Waals surface area contributed by atoms with Crippen LogP contribution in [0.15, 0.2) is 60.8 Å². The first-order valence-corrected chi connectivity index (χ1v) is 6.85. The zero-order valence-corrected chi connectivity index (χ0v) is 11.9. The molecule has 0 fully saturated rings. The minimum absolute atomic E-state index is 0.623. The van der Waals surface area contributed by atoms with Crippen LogP contribution in [0.5, 0.6) is 0 Å². The molecule has 0 bridgehead atoms. The standard InChI is InChI=1S/C17H15ClN2/c1-17(19,13-6-4-7-15(18)10-13)14-9-12-5-2-3-8-16(12)20-11-14/h2-11H,19H2,1H3. The van der Waals surface area contributed by atoms with Gasteiger partial charge in [0.15, 0.2) is 0 Å². The van der Waals surface area contributed by atoms with Crippen LogP contribution >= 0.6 is 11.6 Å². The van der Waals surface area contributed by atoms with Crippen LogP contribution in [0, 0.1) is 0 Å². The van der Waals surface area contributed by atoms with E-state index in [1.165, 1.54) is 0 Å². The maximum absolute atomic E-state index is 6.52. The topological polar surface area (TPSA) is 38.9 Å². The third kappa shape index (κ3) is 2.28. The predicted octanol–water partition coefficient (Wildman–Crippen LogP) is 4.11. The summed E-state index contributed by atoms with van der Waals surface area (Å²) in [6.07, 6.45) is 1.84. The van der Waals surface area contributed by atoms with Gasteiger partial charge in [-0.05, 0) is 42.3 Å². The van der Waals surface area contributed by atoms with E-state index in [1.54, 1.807) is 0 Å². The molecular formula is C17H15ClN2. The van der Waals surface area contributed by atoms with Crippen molar-refractivity contribution in [1.82, 2.24) is 4.98 Å². The van der Waals surface area contributed by atoms with Gasteiger partial charge in [0.1, 0.15) is 0 Å². The first kappa shape index (κ1) is 13.1. The summed E-state index contributed by atoms with van der Waals surface area (Å²) in [5, 5.41) is 1.77. The van der Waals surface area contributed by atoms with Crippen LogP contribution in [0.3, 0.4) is 0 Å². The molecule has 0 amide bonds. The van der Waals surface area contributed by atoms with Crippen molar-refractivity contribution in [3.63, 3.8) is 0 Å². The fourth-order valence-corrected chi connectivity index (χ4v) is 2.52. The van der Waals surface area contributed by atoms with E-state index in [1.807, 2.05) is 61.7 Å². The molecule has 1 aromatic heterocycles. The Hall–Kier alpha value is -1.90. The number of aromatic nitrogens is 1. The molecule has 20 heavy (non-hydrogen) atoms. The quantitative estimate of drug-likeness (QED) is 0.768. The Morgan fingerprint density at radius 1 is 1.00 bits per heavy atom. The second-order valence-corrected chi connectivity index (χ2v) is 5.57. The van der Waals surface area contributed by atoms with Gasteiger partial charge in [-0.3, -0.25) is 4.98 Å². The number of pyridine rings is 1. The van der Waals surface area contributed by atoms with Crippen molar-refractivity contribution in [2.24, 2.45) is 5.73 Å². The van der Waals surface area contributed by atoms with E-state index in [9.17, 15) is 0 Å². The molecule has 1 unspecified atom stereocenters. The summed E-state index contributed by atoms with van der Waals surface area (Å²) in [4.78, 5) is 4.48. The van der Waals surface area contributed by atoms with Crippen molar-refractivity contribution >= 4 is 22.5 Å². The van der Waals surface area contributed by atoms with E-state index in [2.05, 4.69) is 11.1 Å². The summed E-state index contributed by atoms with van der Waals surface area (Å²) in [6, 6.07) is 17.7. The Balaban J connectivity index is 2.13. The summed E-state index contributed by atoms with van der Waals surface area (Å²) in [6.45, 7) is 1.98. The van der Waals surface area contributed by atoms with Gasteiger partial charge in [-0.1, -0.05) is 41.9 Å². The van der Waals surface area contributed by atoms with Crippen LogP contribution in [-0.2, 0) is 5.54 Å². The van der Waals surface area contributed by atoms with Gasteiger partial charge < -0.3 is 5.73 Å². The van der Waals surface area contributed by atoms with Crippen molar-refractivity contribution in [3.8, 4) is 0 Å². The van der Waals surface area contributed by atoms with Gasteiger partial charge >= 0.3 is 0 Å². The van der Waals surface area contributed by atoms with Crippen LogP contribution in [0.4, 0.5) is 0 Å². The maximum Gasteiger partial charge on any atom is 0.0702 e. The van der Waals surface area contributed by atoms with E-state index in [0.29, 0.717) is 5.02 Å². The molecule has 1 heterocycles. The van der Waals surface area contributed by atoms with E-state index in [0.717, 1.165) is 22.0 Å². The molecule has 0 aliphatic rings. The van der Waals surface area contributed by atoms with Gasteiger partial charge in [0.25, 0.3) is 0 Å². The molecule has 2 N–H and O–H groups in total. The molecule has 1 atom stereocenters. The average molecular weight is 283 g/mol. The fourth-order valence-electron chi connectivity index (χ4n) is 2.33. The largest absolute Gasteiger partial charge is 0.318 e. The minimum Gasteiger partial charge on any atom is -0.318 e. The number of rotatable bonds is 2. The van der Waals surface area contributed by atoms with Crippen LogP contribution in [0.25, 0.3) is 10.9 Å². The van der Waals surface area contributed by atoms with Crippen molar-refractivity contribution in [2.45, 2.75) is 12.5 Å². The second-order valence-electron chi connectivity index (χ2n) is 5.13. The lowest BCUT2D eigenvalue weighted by molar-refractivity contribution is 0.601. The van der Waals surface area contributed by atoms with E-state index < -0.39 is 5.54 Å². The number of nitrogens with two attached hydrogens (primary N) is 1. The Bertz CT molecular complexity index is 766. The Kier molecular flexibility index (Phi) is 3.20. The molecule has 3 heteroatoms. The third-order valence-electron chi connectivity index (χ3n) is 3.61. The summed E-state index contributed by atoms with van der Waals surface area (Å²) in [5.74, 6) is 0. The summed E-state index contributed by atoms with van der Waals surface area (Å²) < 4.78 is 0. The van der Waals surface area contributed by atoms with E-state index in [-0.39, 0.29) is 0 Å². The zero-order chi connectivity index (χ0) is 14.2. The molecule has 0 saturated carbocycles. The van der Waals surface area contributed by atoms with Gasteiger partial charge in [-0.25, -0.2) is 0 Å². The van der Waals surface area contributed by atoms with E-state index >= 15 is 0 Å². The van der Waals surface area contributed by atoms with Crippen LogP contribution in [0.2, 0.25) is 5.02 Å². The van der Waals surface area contributed by atoms with E-state index in [4.69, 9.17) is 17.3 Å². The molecular weight excluding hydrogens is 268 g/mol. The van der Waals surface area contributed by atoms with Crippen LogP contribution in [-0.4, -0.2) is 4.98 Å². The molecule has 0 spiro atoms. The summed E-state index contributed by atoms with van der Waals surface area (Å²) >= 11 is 6.06. The highest BCUT2D eigenvalue weighted by molar-refractivity contribution is 6.30. The fraction of sp³-hybridized carbons (Fsp3) is 0.118. The Labute approximate surface area is 123 Å². The summed E-state index contributed by atoms with van der Waals surface area (Å²) in [5.41, 5.74) is 8.81. The lowest BCUT2D eigenvalue weighted by Crippen LogP contribution is -2.34. The van der Waals surface area contributed by atoms with Crippen molar-refractivity contribution in [3.05, 3.63) is 76.9 Å². The van der Waals surface area contributed by atoms with Gasteiger partial charge in [0.2, 0.25) is 0 Å². The molecule has 3 aromatic rings. The van der Waals surface area contributed by atoms with Crippen molar-refractivity contribution in [1.29, 1.82) is 0 Å².